The number of nitrogens with two attached hydrogens (primary N) is 1. The Labute approximate surface area is 153 Å². The number of hydrogen-bond donors (Lipinski definition) is 3. The zero-order valence-corrected chi connectivity index (χ0v) is 14.5. The highest BCUT2D eigenvalue weighted by molar-refractivity contribution is 8.00. The zero-order valence-electron chi connectivity index (χ0n) is 12.8. The van der Waals surface area contributed by atoms with Crippen molar-refractivity contribution in [2.75, 3.05) is 11.5 Å². The number of nitrogen functional groups attached to an aromatic ring is 1. The lowest BCUT2D eigenvalue weighted by atomic mass is 10.0. The van der Waals surface area contributed by atoms with E-state index in [1.165, 1.54) is 22.0 Å². The molecule has 0 radical (unpaired) electrons. The molecule has 4 N–H and O–H groups in total. The molecule has 0 aromatic carbocycles. The summed E-state index contributed by atoms with van der Waals surface area (Å²) in [6.45, 7) is 0. The first-order chi connectivity index (χ1) is 12.4. The van der Waals surface area contributed by atoms with E-state index in [0.29, 0.717) is 5.57 Å². The summed E-state index contributed by atoms with van der Waals surface area (Å²) in [6, 6.07) is -2.35. The number of aliphatic hydroxyl groups is 1. The van der Waals surface area contributed by atoms with Gasteiger partial charge in [0.05, 0.1) is 5.69 Å². The molecule has 2 amide bonds. The molecule has 4 atom stereocenters. The fourth-order valence-electron chi connectivity index (χ4n) is 2.94. The van der Waals surface area contributed by atoms with Crippen molar-refractivity contribution in [1.82, 2.24) is 15.2 Å². The van der Waals surface area contributed by atoms with Gasteiger partial charge in [-0.1, -0.05) is 0 Å². The molecule has 1 fully saturated rings. The highest BCUT2D eigenvalue weighted by Crippen LogP contribution is 2.44. The standard InChI is InChI=1S/C13H11N5O6S2/c14-13-15-4(2-26-13)5(17-23)8(19)16-6-9(20)18-7-3(1-25-10(6)18)11(21)24-12(7)22/h2,5-6,10-11,21H,1H2,(H2,14,15)(H,16,19). The Bertz CT molecular complexity index is 869. The van der Waals surface area contributed by atoms with Crippen LogP contribution >= 0.6 is 23.1 Å². The SMILES string of the molecule is Nc1nc(C(N=O)C(=O)NC2C(=O)N3C4=C(CSC23)C(O)OC4=O)cs1. The van der Waals surface area contributed by atoms with Crippen LogP contribution in [-0.4, -0.2) is 56.2 Å². The van der Waals surface area contributed by atoms with E-state index < -0.39 is 41.5 Å². The normalized spacial score (nSPS) is 28.0. The molecule has 4 heterocycles. The first kappa shape index (κ1) is 16.9. The number of hydrogen-bond acceptors (Lipinski definition) is 11. The summed E-state index contributed by atoms with van der Waals surface area (Å²) < 4.78 is 4.71. The Kier molecular flexibility index (Phi) is 3.93. The Hall–Kier alpha value is -2.51. The molecule has 136 valence electrons. The molecule has 1 aromatic heterocycles. The van der Waals surface area contributed by atoms with E-state index in [1.807, 2.05) is 0 Å². The number of fused-ring (bicyclic) bond motifs is 2. The van der Waals surface area contributed by atoms with Gasteiger partial charge in [0.1, 0.15) is 17.1 Å². The van der Waals surface area contributed by atoms with Crippen LogP contribution in [0.5, 0.6) is 0 Å². The van der Waals surface area contributed by atoms with E-state index in [1.54, 1.807) is 0 Å². The van der Waals surface area contributed by atoms with Gasteiger partial charge in [0, 0.05) is 16.7 Å². The van der Waals surface area contributed by atoms with Crippen LogP contribution in [0.2, 0.25) is 0 Å². The number of anilines is 1. The number of aromatic nitrogens is 1. The molecule has 1 saturated heterocycles. The second-order valence-electron chi connectivity index (χ2n) is 5.65. The molecule has 0 saturated carbocycles. The van der Waals surface area contributed by atoms with Gasteiger partial charge in [-0.15, -0.1) is 28.0 Å². The van der Waals surface area contributed by atoms with E-state index in [0.717, 1.165) is 11.3 Å². The minimum Gasteiger partial charge on any atom is -0.427 e. The summed E-state index contributed by atoms with van der Waals surface area (Å²) in [7, 11) is 0. The van der Waals surface area contributed by atoms with Crippen LogP contribution in [0.25, 0.3) is 0 Å². The predicted molar refractivity (Wildman–Crippen MR) is 89.2 cm³/mol. The van der Waals surface area contributed by atoms with Crippen LogP contribution in [0, 0.1) is 4.91 Å². The average molecular weight is 397 g/mol. The van der Waals surface area contributed by atoms with Gasteiger partial charge in [0.2, 0.25) is 12.3 Å². The number of esters is 1. The summed E-state index contributed by atoms with van der Waals surface area (Å²) in [6.07, 6.45) is -1.36. The minimum absolute atomic E-state index is 0.0223. The molecular weight excluding hydrogens is 386 g/mol. The summed E-state index contributed by atoms with van der Waals surface area (Å²) in [5.74, 6) is -1.81. The van der Waals surface area contributed by atoms with E-state index in [4.69, 9.17) is 10.5 Å². The van der Waals surface area contributed by atoms with Gasteiger partial charge in [-0.05, 0) is 5.18 Å². The van der Waals surface area contributed by atoms with Gasteiger partial charge >= 0.3 is 5.97 Å². The van der Waals surface area contributed by atoms with E-state index in [2.05, 4.69) is 15.5 Å². The number of ether oxygens (including phenoxy) is 1. The molecule has 26 heavy (non-hydrogen) atoms. The Morgan fingerprint density at radius 3 is 2.96 bits per heavy atom. The maximum absolute atomic E-state index is 12.4. The van der Waals surface area contributed by atoms with Crippen LogP contribution in [0.4, 0.5) is 5.13 Å². The Balaban J connectivity index is 1.50. The summed E-state index contributed by atoms with van der Waals surface area (Å²) >= 11 is 2.33. The first-order valence-corrected chi connectivity index (χ1v) is 9.25. The predicted octanol–water partition coefficient (Wildman–Crippen LogP) is -0.938. The van der Waals surface area contributed by atoms with Gasteiger partial charge < -0.3 is 20.9 Å². The third-order valence-electron chi connectivity index (χ3n) is 4.18. The lowest BCUT2D eigenvalue weighted by Gasteiger charge is -2.48. The van der Waals surface area contributed by atoms with Crippen molar-refractivity contribution in [2.24, 2.45) is 5.18 Å². The van der Waals surface area contributed by atoms with Gasteiger partial charge in [0.25, 0.3) is 11.8 Å². The summed E-state index contributed by atoms with van der Waals surface area (Å²) in [5.41, 5.74) is 5.95. The van der Waals surface area contributed by atoms with Crippen LogP contribution < -0.4 is 11.1 Å². The number of nitrogens with one attached hydrogen (secondary N) is 1. The smallest absolute Gasteiger partial charge is 0.357 e. The molecule has 3 aliphatic rings. The molecule has 13 heteroatoms. The summed E-state index contributed by atoms with van der Waals surface area (Å²) in [5, 5.41) is 16.0. The first-order valence-electron chi connectivity index (χ1n) is 7.33. The molecule has 3 aliphatic heterocycles. The Morgan fingerprint density at radius 1 is 1.54 bits per heavy atom. The maximum Gasteiger partial charge on any atom is 0.357 e. The number of carbonyl (C=O) groups is 3. The van der Waals surface area contributed by atoms with Crippen LogP contribution in [0.15, 0.2) is 21.8 Å². The fourth-order valence-corrected chi connectivity index (χ4v) is 4.89. The van der Waals surface area contributed by atoms with Crippen molar-refractivity contribution in [3.63, 3.8) is 0 Å². The van der Waals surface area contributed by atoms with Crippen LogP contribution in [0.1, 0.15) is 11.7 Å². The topological polar surface area (TPSA) is 164 Å². The third-order valence-corrected chi connectivity index (χ3v) is 6.17. The number of carbonyl (C=O) groups excluding carboxylic acids is 3. The fraction of sp³-hybridized carbons (Fsp3) is 0.385. The maximum atomic E-state index is 12.4. The molecule has 0 spiro atoms. The monoisotopic (exact) mass is 397 g/mol. The second kappa shape index (κ2) is 6.03. The molecule has 1 aromatic rings. The zero-order chi connectivity index (χ0) is 18.6. The number of nitroso groups, excluding NO2 is 1. The van der Waals surface area contributed by atoms with Gasteiger partial charge in [0.15, 0.2) is 5.13 Å². The number of β-lactam (4-membered cyclic amide) rings is 1. The highest BCUT2D eigenvalue weighted by atomic mass is 32.2. The number of cyclic esters (lactones) is 1. The molecule has 11 nitrogen and oxygen atoms in total. The van der Waals surface area contributed by atoms with Crippen LogP contribution in [0.3, 0.4) is 0 Å². The average Bonchev–Trinajstić information content (AvgIpc) is 3.15. The van der Waals surface area contributed by atoms with E-state index in [9.17, 15) is 24.4 Å². The number of aliphatic hydroxyl groups excluding tert-OH is 1. The quantitative estimate of drug-likeness (QED) is 0.330. The van der Waals surface area contributed by atoms with Gasteiger partial charge in [-0.25, -0.2) is 9.78 Å². The Morgan fingerprint density at radius 2 is 2.31 bits per heavy atom. The van der Waals surface area contributed by atoms with E-state index in [-0.39, 0.29) is 22.3 Å². The highest BCUT2D eigenvalue weighted by Gasteiger charge is 2.57. The van der Waals surface area contributed by atoms with Gasteiger partial charge in [-0.3, -0.25) is 14.5 Å². The number of nitrogens with zero attached hydrogens (tertiary/aromatic N) is 3. The van der Waals surface area contributed by atoms with Crippen LogP contribution in [-0.2, 0) is 19.1 Å². The number of thioether (sulfide) groups is 1. The molecular formula is C13H11N5O6S2. The number of amides is 2. The van der Waals surface area contributed by atoms with Crippen molar-refractivity contribution in [2.45, 2.75) is 23.7 Å². The molecule has 0 aliphatic carbocycles. The van der Waals surface area contributed by atoms with Crippen molar-refractivity contribution in [1.29, 1.82) is 0 Å². The molecule has 0 bridgehead atoms. The van der Waals surface area contributed by atoms with Crippen molar-refractivity contribution >= 4 is 46.0 Å². The molecule has 4 rings (SSSR count). The third kappa shape index (κ3) is 2.39. The second-order valence-corrected chi connectivity index (χ2v) is 7.64. The van der Waals surface area contributed by atoms with Crippen molar-refractivity contribution < 1.29 is 24.2 Å². The number of thiazole rings is 1. The number of rotatable bonds is 4. The lowest BCUT2D eigenvalue weighted by Crippen LogP contribution is -2.70. The largest absolute Gasteiger partial charge is 0.427 e. The van der Waals surface area contributed by atoms with Crippen molar-refractivity contribution in [3.05, 3.63) is 27.3 Å². The minimum atomic E-state index is -1.42. The van der Waals surface area contributed by atoms with Crippen molar-refractivity contribution in [3.8, 4) is 0 Å². The van der Waals surface area contributed by atoms with Gasteiger partial charge in [-0.2, -0.15) is 0 Å². The van der Waals surface area contributed by atoms with E-state index >= 15 is 0 Å². The summed E-state index contributed by atoms with van der Waals surface area (Å²) in [4.78, 5) is 52.7. The molecule has 4 unspecified atom stereocenters. The lowest BCUT2D eigenvalue weighted by molar-refractivity contribution is -0.157.